The minimum Gasteiger partial charge on any atom is -0.493 e. The predicted molar refractivity (Wildman–Crippen MR) is 135 cm³/mol. The lowest BCUT2D eigenvalue weighted by atomic mass is 9.95. The summed E-state index contributed by atoms with van der Waals surface area (Å²) in [5.41, 5.74) is 7.55. The van der Waals surface area contributed by atoms with Crippen molar-refractivity contribution in [2.45, 2.75) is 25.0 Å². The van der Waals surface area contributed by atoms with E-state index < -0.39 is 0 Å². The van der Waals surface area contributed by atoms with Crippen molar-refractivity contribution >= 4 is 41.3 Å². The highest BCUT2D eigenvalue weighted by atomic mass is 32.2. The van der Waals surface area contributed by atoms with Crippen molar-refractivity contribution in [3.63, 3.8) is 0 Å². The van der Waals surface area contributed by atoms with Gasteiger partial charge in [-0.1, -0.05) is 30.0 Å². The number of nitrogens with two attached hydrogens (primary N) is 1. The van der Waals surface area contributed by atoms with Crippen LogP contribution in [0.25, 0.3) is 6.08 Å². The molecule has 2 N–H and O–H groups in total. The molecule has 4 rings (SSSR count). The number of thioether (sulfide) groups is 1. The van der Waals surface area contributed by atoms with Gasteiger partial charge in [0.05, 0.1) is 13.7 Å². The van der Waals surface area contributed by atoms with Gasteiger partial charge in [0.15, 0.2) is 11.5 Å². The Labute approximate surface area is 209 Å². The fourth-order valence-electron chi connectivity index (χ4n) is 4.41. The van der Waals surface area contributed by atoms with Gasteiger partial charge in [0, 0.05) is 30.7 Å². The minimum absolute atomic E-state index is 0.0781. The van der Waals surface area contributed by atoms with Crippen LogP contribution in [-0.2, 0) is 14.4 Å². The Morgan fingerprint density at radius 3 is 2.66 bits per heavy atom. The number of hydrogen-bond acceptors (Lipinski definition) is 6. The molecule has 1 aliphatic carbocycles. The second-order valence-corrected chi connectivity index (χ2v) is 9.79. The fraction of sp³-hybridized carbons (Fsp3) is 0.385. The number of nitrogens with zero attached hydrogens (tertiary/aromatic N) is 2. The number of piperidine rings is 1. The standard InChI is InChI=1S/C26H29N3O5S/c1-4-34-20-7-5-16(13-21(20)33-3)14-23-26(32)28(2)19-15-18(6-8-22(19)35-23)25(31)29-11-9-17(10-12-29)24(27)30/h5-8,13-15,17,22H,4,9-12H2,1-3H3,(H-,27,30)/p+1/b23-14+. The molecule has 1 atom stereocenters. The molecule has 1 saturated heterocycles. The molecule has 2 heterocycles. The number of carbonyl (C=O) groups is 3. The highest BCUT2D eigenvalue weighted by Crippen LogP contribution is 2.35. The number of benzene rings is 1. The van der Waals surface area contributed by atoms with Crippen molar-refractivity contribution in [2.75, 3.05) is 33.9 Å². The Morgan fingerprint density at radius 2 is 2.00 bits per heavy atom. The number of carbonyl (C=O) groups excluding carboxylic acids is 3. The number of hydrogen-bond donors (Lipinski definition) is 1. The first-order valence-corrected chi connectivity index (χ1v) is 12.5. The largest absolute Gasteiger partial charge is 0.493 e. The third-order valence-electron chi connectivity index (χ3n) is 6.42. The lowest BCUT2D eigenvalue weighted by Gasteiger charge is -2.31. The molecule has 0 bridgehead atoms. The molecule has 1 aromatic carbocycles. The summed E-state index contributed by atoms with van der Waals surface area (Å²) in [7, 11) is 3.31. The third kappa shape index (κ3) is 5.19. The lowest BCUT2D eigenvalue weighted by molar-refractivity contribution is -0.413. The molecule has 0 saturated carbocycles. The van der Waals surface area contributed by atoms with E-state index in [-0.39, 0.29) is 28.9 Å². The molecular formula is C26H30N3O5S+. The Kier molecular flexibility index (Phi) is 7.45. The zero-order chi connectivity index (χ0) is 25.1. The van der Waals surface area contributed by atoms with Crippen LogP contribution in [0.3, 0.4) is 0 Å². The summed E-state index contributed by atoms with van der Waals surface area (Å²) in [6.07, 6.45) is 8.59. The monoisotopic (exact) mass is 496 g/mol. The Bertz CT molecular complexity index is 1180. The average Bonchev–Trinajstić information content (AvgIpc) is 2.87. The molecule has 1 fully saturated rings. The predicted octanol–water partition coefficient (Wildman–Crippen LogP) is 2.38. The molecule has 3 aliphatic rings. The van der Waals surface area contributed by atoms with Gasteiger partial charge in [0.2, 0.25) is 11.6 Å². The van der Waals surface area contributed by atoms with Crippen molar-refractivity contribution in [1.29, 1.82) is 0 Å². The van der Waals surface area contributed by atoms with E-state index in [4.69, 9.17) is 15.2 Å². The zero-order valence-corrected chi connectivity index (χ0v) is 21.0. The molecule has 0 radical (unpaired) electrons. The van der Waals surface area contributed by atoms with Gasteiger partial charge < -0.3 is 20.1 Å². The molecular weight excluding hydrogens is 466 g/mol. The molecule has 1 aromatic rings. The number of rotatable bonds is 6. The van der Waals surface area contributed by atoms with Gasteiger partial charge in [-0.15, -0.1) is 0 Å². The van der Waals surface area contributed by atoms with Crippen LogP contribution in [0.1, 0.15) is 25.3 Å². The van der Waals surface area contributed by atoms with Crippen molar-refractivity contribution in [1.82, 2.24) is 4.90 Å². The van der Waals surface area contributed by atoms with E-state index in [0.717, 1.165) is 11.3 Å². The maximum atomic E-state index is 13.2. The number of methoxy groups -OCH3 is 1. The smallest absolute Gasteiger partial charge is 0.425 e. The number of allylic oxidation sites excluding steroid dienone is 1. The third-order valence-corrected chi connectivity index (χ3v) is 7.62. The highest BCUT2D eigenvalue weighted by molar-refractivity contribution is 8.05. The maximum Gasteiger partial charge on any atom is 0.425 e. The van der Waals surface area contributed by atoms with Gasteiger partial charge in [-0.05, 0) is 43.5 Å². The van der Waals surface area contributed by atoms with Gasteiger partial charge in [0.25, 0.3) is 5.91 Å². The molecule has 8 nitrogen and oxygen atoms in total. The van der Waals surface area contributed by atoms with E-state index in [1.165, 1.54) is 11.8 Å². The maximum absolute atomic E-state index is 13.2. The topological polar surface area (TPSA) is 102 Å². The average molecular weight is 497 g/mol. The first kappa shape index (κ1) is 24.8. The Hall–Kier alpha value is -3.33. The second kappa shape index (κ2) is 10.5. The summed E-state index contributed by atoms with van der Waals surface area (Å²) < 4.78 is 12.6. The van der Waals surface area contributed by atoms with Crippen LogP contribution in [-0.4, -0.2) is 72.0 Å². The van der Waals surface area contributed by atoms with Gasteiger partial charge in [0.1, 0.15) is 17.2 Å². The summed E-state index contributed by atoms with van der Waals surface area (Å²) in [5.74, 6) is 0.563. The molecule has 3 amide bonds. The molecule has 184 valence electrons. The fourth-order valence-corrected chi connectivity index (χ4v) is 5.63. The highest BCUT2D eigenvalue weighted by Gasteiger charge is 2.38. The van der Waals surface area contributed by atoms with E-state index >= 15 is 0 Å². The first-order valence-electron chi connectivity index (χ1n) is 11.6. The molecule has 1 unspecified atom stereocenters. The summed E-state index contributed by atoms with van der Waals surface area (Å²) in [4.78, 5) is 40.0. The zero-order valence-electron chi connectivity index (χ0n) is 20.2. The number of ether oxygens (including phenoxy) is 2. The molecule has 0 aromatic heterocycles. The van der Waals surface area contributed by atoms with Crippen LogP contribution in [0.2, 0.25) is 0 Å². The number of primary amides is 1. The molecule has 2 aliphatic heterocycles. The number of likely N-dealkylation sites (tertiary alicyclic amines) is 1. The van der Waals surface area contributed by atoms with Gasteiger partial charge >= 0.3 is 5.91 Å². The summed E-state index contributed by atoms with van der Waals surface area (Å²) >= 11 is 1.46. The van der Waals surface area contributed by atoms with Crippen molar-refractivity contribution < 1.29 is 28.4 Å². The second-order valence-electron chi connectivity index (χ2n) is 8.61. The normalized spacial score (nSPS) is 21.6. The van der Waals surface area contributed by atoms with E-state index in [1.54, 1.807) is 29.7 Å². The van der Waals surface area contributed by atoms with Crippen LogP contribution in [0.15, 0.2) is 46.9 Å². The molecule has 0 spiro atoms. The van der Waals surface area contributed by atoms with Gasteiger partial charge in [-0.2, -0.15) is 4.58 Å². The summed E-state index contributed by atoms with van der Waals surface area (Å²) in [6, 6.07) is 5.57. The molecule has 9 heteroatoms. The van der Waals surface area contributed by atoms with Crippen LogP contribution in [0.5, 0.6) is 11.5 Å². The number of fused-ring (bicyclic) bond motifs is 1. The summed E-state index contributed by atoms with van der Waals surface area (Å²) in [6.45, 7) is 3.44. The van der Waals surface area contributed by atoms with Gasteiger partial charge in [-0.3, -0.25) is 9.59 Å². The Morgan fingerprint density at radius 1 is 1.26 bits per heavy atom. The number of amides is 3. The van der Waals surface area contributed by atoms with Crippen LogP contribution < -0.4 is 15.2 Å². The minimum atomic E-state index is -0.306. The van der Waals surface area contributed by atoms with E-state index in [9.17, 15) is 14.4 Å². The van der Waals surface area contributed by atoms with Crippen LogP contribution in [0, 0.1) is 5.92 Å². The SMILES string of the molecule is CCOc1ccc(/C=C2/SC3C=CC(C(=O)N4CCC(C(N)=O)CC4)=CC3=[N+](C)C2=O)cc1OC. The van der Waals surface area contributed by atoms with E-state index in [1.807, 2.05) is 43.4 Å². The van der Waals surface area contributed by atoms with E-state index in [2.05, 4.69) is 0 Å². The number of likely N-dealkylation sites (N-methyl/N-ethyl adjacent to an activating group) is 1. The summed E-state index contributed by atoms with van der Waals surface area (Å²) in [5, 5.41) is -0.0781. The quantitative estimate of drug-likeness (QED) is 0.479. The Balaban J connectivity index is 1.54. The van der Waals surface area contributed by atoms with Crippen LogP contribution >= 0.6 is 11.8 Å². The van der Waals surface area contributed by atoms with Crippen molar-refractivity contribution in [3.8, 4) is 11.5 Å². The van der Waals surface area contributed by atoms with Crippen molar-refractivity contribution in [2.24, 2.45) is 11.7 Å². The van der Waals surface area contributed by atoms with E-state index in [0.29, 0.717) is 54.5 Å². The lowest BCUT2D eigenvalue weighted by Crippen LogP contribution is -2.43. The van der Waals surface area contributed by atoms with Gasteiger partial charge in [-0.25, -0.2) is 4.79 Å². The van der Waals surface area contributed by atoms with Crippen molar-refractivity contribution in [3.05, 3.63) is 52.5 Å². The first-order chi connectivity index (χ1) is 16.8. The van der Waals surface area contributed by atoms with Crippen LogP contribution in [0.4, 0.5) is 0 Å². The molecule has 35 heavy (non-hydrogen) atoms.